The molecule has 5 heteroatoms. The van der Waals surface area contributed by atoms with Crippen molar-refractivity contribution in [3.05, 3.63) is 101 Å². The van der Waals surface area contributed by atoms with Gasteiger partial charge in [-0.1, -0.05) is 60.7 Å². The lowest BCUT2D eigenvalue weighted by molar-refractivity contribution is 0.0698. The maximum Gasteiger partial charge on any atom is 0.338 e. The summed E-state index contributed by atoms with van der Waals surface area (Å²) in [5.74, 6) is -0.250. The molecule has 0 aliphatic carbocycles. The smallest absolute Gasteiger partial charge is 0.338 e. The van der Waals surface area contributed by atoms with E-state index in [0.717, 1.165) is 23.3 Å². The minimum atomic E-state index is -0.922. The number of aromatic carboxylic acids is 1. The molecule has 1 aromatic heterocycles. The number of rotatable bonds is 9. The Bertz CT molecular complexity index is 1200. The van der Waals surface area contributed by atoms with Crippen LogP contribution in [-0.4, -0.2) is 28.3 Å². The highest BCUT2D eigenvalue weighted by Gasteiger charge is 2.20. The van der Waals surface area contributed by atoms with Crippen LogP contribution in [0.4, 0.5) is 0 Å². The minimum Gasteiger partial charge on any atom is -0.489 e. The van der Waals surface area contributed by atoms with E-state index in [0.29, 0.717) is 29.8 Å². The molecule has 1 atom stereocenters. The Balaban J connectivity index is 1.52. The maximum absolute atomic E-state index is 12.0. The van der Waals surface area contributed by atoms with Gasteiger partial charge >= 0.3 is 5.97 Å². The van der Waals surface area contributed by atoms with Gasteiger partial charge in [-0.05, 0) is 43.2 Å². The van der Waals surface area contributed by atoms with Crippen molar-refractivity contribution in [3.63, 3.8) is 0 Å². The van der Waals surface area contributed by atoms with Gasteiger partial charge in [0, 0.05) is 36.2 Å². The number of ether oxygens (including phenoxy) is 1. The Morgan fingerprint density at radius 2 is 1.66 bits per heavy atom. The molecule has 164 valence electrons. The average Bonchev–Trinajstić information content (AvgIpc) is 3.06. The fraction of sp³-hybridized carbons (Fsp3) is 0.222. The fourth-order valence-electron chi connectivity index (χ4n) is 4.06. The predicted molar refractivity (Wildman–Crippen MR) is 127 cm³/mol. The zero-order valence-corrected chi connectivity index (χ0v) is 18.4. The molecule has 5 nitrogen and oxygen atoms in total. The summed E-state index contributed by atoms with van der Waals surface area (Å²) < 4.78 is 8.16. The van der Waals surface area contributed by atoms with Crippen LogP contribution in [0.5, 0.6) is 5.75 Å². The topological polar surface area (TPSA) is 63.5 Å². The zero-order valence-electron chi connectivity index (χ0n) is 18.4. The third-order valence-electron chi connectivity index (χ3n) is 5.63. The molecule has 0 saturated heterocycles. The van der Waals surface area contributed by atoms with E-state index in [2.05, 4.69) is 22.0 Å². The lowest BCUT2D eigenvalue weighted by atomic mass is 10.1. The summed E-state index contributed by atoms with van der Waals surface area (Å²) in [5.41, 5.74) is 4.32. The fourth-order valence-corrected chi connectivity index (χ4v) is 4.06. The monoisotopic (exact) mass is 428 g/mol. The summed E-state index contributed by atoms with van der Waals surface area (Å²) in [6.45, 7) is 5.96. The van der Waals surface area contributed by atoms with Crippen molar-refractivity contribution < 1.29 is 14.6 Å². The molecule has 0 radical (unpaired) electrons. The second kappa shape index (κ2) is 9.71. The summed E-state index contributed by atoms with van der Waals surface area (Å²) in [4.78, 5) is 12.0. The number of carbonyl (C=O) groups is 1. The van der Waals surface area contributed by atoms with Crippen molar-refractivity contribution in [2.45, 2.75) is 33.0 Å². The SMILES string of the molecule is Cc1c(C(=O)O)c2cc(OC(C)CNCc3ccccc3)ccc2n1Cc1ccccc1. The molecule has 3 aromatic carbocycles. The van der Waals surface area contributed by atoms with Crippen LogP contribution in [0.3, 0.4) is 0 Å². The molecule has 0 aliphatic rings. The van der Waals surface area contributed by atoms with Crippen LogP contribution >= 0.6 is 0 Å². The number of benzene rings is 3. The van der Waals surface area contributed by atoms with Crippen LogP contribution in [0.1, 0.15) is 34.1 Å². The molecular weight excluding hydrogens is 400 g/mol. The van der Waals surface area contributed by atoms with E-state index in [4.69, 9.17) is 4.74 Å². The molecule has 1 heterocycles. The van der Waals surface area contributed by atoms with Crippen LogP contribution in [0.2, 0.25) is 0 Å². The number of aromatic nitrogens is 1. The van der Waals surface area contributed by atoms with Gasteiger partial charge in [-0.3, -0.25) is 0 Å². The van der Waals surface area contributed by atoms with Crippen LogP contribution in [0, 0.1) is 6.92 Å². The lowest BCUT2D eigenvalue weighted by Crippen LogP contribution is -2.28. The number of carboxylic acid groups (broad SMARTS) is 1. The molecule has 1 unspecified atom stereocenters. The van der Waals surface area contributed by atoms with Gasteiger partial charge in [0.1, 0.15) is 11.9 Å². The van der Waals surface area contributed by atoms with E-state index in [1.807, 2.05) is 80.6 Å². The molecule has 32 heavy (non-hydrogen) atoms. The van der Waals surface area contributed by atoms with Crippen molar-refractivity contribution in [2.75, 3.05) is 6.54 Å². The first kappa shape index (κ1) is 21.7. The van der Waals surface area contributed by atoms with E-state index in [-0.39, 0.29) is 6.10 Å². The second-order valence-corrected chi connectivity index (χ2v) is 8.06. The van der Waals surface area contributed by atoms with Gasteiger partial charge in [-0.2, -0.15) is 0 Å². The summed E-state index contributed by atoms with van der Waals surface area (Å²) >= 11 is 0. The van der Waals surface area contributed by atoms with Gasteiger partial charge in [0.05, 0.1) is 5.56 Å². The Morgan fingerprint density at radius 3 is 2.31 bits per heavy atom. The number of nitrogens with zero attached hydrogens (tertiary/aromatic N) is 1. The molecular formula is C27H28N2O3. The highest BCUT2D eigenvalue weighted by molar-refractivity contribution is 6.05. The number of hydrogen-bond acceptors (Lipinski definition) is 3. The Hall–Kier alpha value is -3.57. The van der Waals surface area contributed by atoms with E-state index >= 15 is 0 Å². The number of nitrogens with one attached hydrogen (secondary N) is 1. The van der Waals surface area contributed by atoms with Crippen LogP contribution < -0.4 is 10.1 Å². The van der Waals surface area contributed by atoms with Crippen LogP contribution in [-0.2, 0) is 13.1 Å². The molecule has 0 spiro atoms. The Labute approximate surface area is 188 Å². The number of fused-ring (bicyclic) bond motifs is 1. The molecule has 0 fully saturated rings. The van der Waals surface area contributed by atoms with Crippen molar-refractivity contribution >= 4 is 16.9 Å². The molecule has 4 rings (SSSR count). The van der Waals surface area contributed by atoms with Gasteiger partial charge in [-0.15, -0.1) is 0 Å². The van der Waals surface area contributed by atoms with E-state index < -0.39 is 5.97 Å². The Kier molecular flexibility index (Phi) is 6.57. The van der Waals surface area contributed by atoms with E-state index in [1.54, 1.807) is 0 Å². The first-order valence-corrected chi connectivity index (χ1v) is 10.8. The quantitative estimate of drug-likeness (QED) is 0.382. The standard InChI is InChI=1S/C27H28N2O3/c1-19(16-28-17-21-9-5-3-6-10-21)32-23-13-14-25-24(15-23)26(27(30)31)20(2)29(25)18-22-11-7-4-8-12-22/h3-15,19,28H,16-18H2,1-2H3,(H,30,31). The summed E-state index contributed by atoms with van der Waals surface area (Å²) in [7, 11) is 0. The highest BCUT2D eigenvalue weighted by Crippen LogP contribution is 2.30. The molecule has 0 aliphatic heterocycles. The second-order valence-electron chi connectivity index (χ2n) is 8.06. The summed E-state index contributed by atoms with van der Waals surface area (Å²) in [6, 6.07) is 26.0. The number of carboxylic acids is 1. The maximum atomic E-state index is 12.0. The van der Waals surface area contributed by atoms with Gasteiger partial charge in [0.25, 0.3) is 0 Å². The van der Waals surface area contributed by atoms with Gasteiger partial charge < -0.3 is 19.7 Å². The van der Waals surface area contributed by atoms with Crippen molar-refractivity contribution in [1.29, 1.82) is 0 Å². The highest BCUT2D eigenvalue weighted by atomic mass is 16.5. The van der Waals surface area contributed by atoms with Gasteiger partial charge in [0.2, 0.25) is 0 Å². The van der Waals surface area contributed by atoms with Gasteiger partial charge in [-0.25, -0.2) is 4.79 Å². The molecule has 0 amide bonds. The molecule has 2 N–H and O–H groups in total. The lowest BCUT2D eigenvalue weighted by Gasteiger charge is -2.16. The van der Waals surface area contributed by atoms with Crippen molar-refractivity contribution in [1.82, 2.24) is 9.88 Å². The number of hydrogen-bond donors (Lipinski definition) is 2. The summed E-state index contributed by atoms with van der Waals surface area (Å²) in [5, 5.41) is 14.0. The van der Waals surface area contributed by atoms with Crippen molar-refractivity contribution in [2.24, 2.45) is 0 Å². The largest absolute Gasteiger partial charge is 0.489 e. The minimum absolute atomic E-state index is 0.0584. The van der Waals surface area contributed by atoms with E-state index in [9.17, 15) is 9.90 Å². The summed E-state index contributed by atoms with van der Waals surface area (Å²) in [6.07, 6.45) is -0.0584. The molecule has 0 bridgehead atoms. The van der Waals surface area contributed by atoms with Gasteiger partial charge in [0.15, 0.2) is 0 Å². The molecule has 4 aromatic rings. The Morgan fingerprint density at radius 1 is 1.00 bits per heavy atom. The predicted octanol–water partition coefficient (Wildman–Crippen LogP) is 5.25. The molecule has 0 saturated carbocycles. The average molecular weight is 429 g/mol. The third kappa shape index (κ3) is 4.84. The first-order chi connectivity index (χ1) is 15.5. The van der Waals surface area contributed by atoms with E-state index in [1.165, 1.54) is 5.56 Å². The van der Waals surface area contributed by atoms with Crippen LogP contribution in [0.15, 0.2) is 78.9 Å². The van der Waals surface area contributed by atoms with Crippen LogP contribution in [0.25, 0.3) is 10.9 Å². The van der Waals surface area contributed by atoms with Crippen molar-refractivity contribution in [3.8, 4) is 5.75 Å². The normalized spacial score (nSPS) is 12.1. The zero-order chi connectivity index (χ0) is 22.5. The third-order valence-corrected chi connectivity index (χ3v) is 5.63. The first-order valence-electron chi connectivity index (χ1n) is 10.8.